The number of rotatable bonds is 7. The van der Waals surface area contributed by atoms with Gasteiger partial charge in [0.15, 0.2) is 23.0 Å². The number of benzene rings is 2. The molecule has 3 aromatic rings. The maximum absolute atomic E-state index is 13.8. The Morgan fingerprint density at radius 1 is 1.17 bits per heavy atom. The van der Waals surface area contributed by atoms with E-state index in [1.807, 2.05) is 0 Å². The fourth-order valence-corrected chi connectivity index (χ4v) is 2.85. The number of nitrogens with one attached hydrogen (secondary N) is 1. The summed E-state index contributed by atoms with van der Waals surface area (Å²) in [5, 5.41) is 2.46. The van der Waals surface area contributed by atoms with Crippen molar-refractivity contribution in [3.05, 3.63) is 65.1 Å². The predicted octanol–water partition coefficient (Wildman–Crippen LogP) is 3.59. The molecule has 0 bridgehead atoms. The Balaban J connectivity index is 1.90. The highest BCUT2D eigenvalue weighted by molar-refractivity contribution is 5.94. The van der Waals surface area contributed by atoms with Gasteiger partial charge in [-0.25, -0.2) is 13.8 Å². The fraction of sp³-hybridized carbons (Fsp3) is 0.238. The van der Waals surface area contributed by atoms with Crippen LogP contribution in [0.1, 0.15) is 34.8 Å². The molecular formula is C21H21F2N3O4. The summed E-state index contributed by atoms with van der Waals surface area (Å²) >= 11 is 0. The minimum atomic E-state index is -0.756. The normalized spacial score (nSPS) is 11.8. The molecule has 30 heavy (non-hydrogen) atoms. The number of aromatic nitrogens is 1. The van der Waals surface area contributed by atoms with Crippen molar-refractivity contribution >= 4 is 5.91 Å². The van der Waals surface area contributed by atoms with E-state index >= 15 is 0 Å². The van der Waals surface area contributed by atoms with Crippen molar-refractivity contribution in [2.24, 2.45) is 5.73 Å². The quantitative estimate of drug-likeness (QED) is 0.610. The van der Waals surface area contributed by atoms with Gasteiger partial charge in [-0.2, -0.15) is 0 Å². The van der Waals surface area contributed by atoms with Crippen LogP contribution in [-0.4, -0.2) is 25.1 Å². The van der Waals surface area contributed by atoms with Gasteiger partial charge in [-0.3, -0.25) is 4.79 Å². The van der Waals surface area contributed by atoms with E-state index in [2.05, 4.69) is 10.3 Å². The van der Waals surface area contributed by atoms with Gasteiger partial charge in [-0.1, -0.05) is 6.07 Å². The summed E-state index contributed by atoms with van der Waals surface area (Å²) < 4.78 is 43.8. The molecule has 0 fully saturated rings. The highest BCUT2D eigenvalue weighted by atomic mass is 19.1. The number of hydrogen-bond acceptors (Lipinski definition) is 6. The Morgan fingerprint density at radius 2 is 1.83 bits per heavy atom. The number of carbonyl (C=O) groups is 1. The summed E-state index contributed by atoms with van der Waals surface area (Å²) in [6, 6.07) is 7.84. The number of halogens is 2. The zero-order valence-electron chi connectivity index (χ0n) is 16.7. The van der Waals surface area contributed by atoms with E-state index in [4.69, 9.17) is 19.6 Å². The lowest BCUT2D eigenvalue weighted by molar-refractivity contribution is 0.0943. The standard InChI is InChI=1S/C21H21F2N3O4/c1-11(24)19-18(20(27)25-10-13-14(22)5-4-6-15(13)23)26-21(30-19)12-7-8-16(28-2)17(9-12)29-3/h4-9,11H,10,24H2,1-3H3,(H,25,27)/t11-/m0/s1. The highest BCUT2D eigenvalue weighted by Crippen LogP contribution is 2.33. The van der Waals surface area contributed by atoms with Crippen LogP contribution < -0.4 is 20.5 Å². The molecule has 1 amide bonds. The first-order valence-electron chi connectivity index (χ1n) is 9.05. The van der Waals surface area contributed by atoms with Gasteiger partial charge >= 0.3 is 0 Å². The number of nitrogens with two attached hydrogens (primary N) is 1. The molecule has 1 heterocycles. The third kappa shape index (κ3) is 4.25. The molecule has 0 saturated heterocycles. The first-order chi connectivity index (χ1) is 14.3. The Bertz CT molecular complexity index is 1050. The van der Waals surface area contributed by atoms with Gasteiger partial charge in [0.2, 0.25) is 5.89 Å². The first-order valence-corrected chi connectivity index (χ1v) is 9.05. The van der Waals surface area contributed by atoms with Gasteiger partial charge in [-0.15, -0.1) is 0 Å². The molecule has 2 aromatic carbocycles. The summed E-state index contributed by atoms with van der Waals surface area (Å²) in [6.45, 7) is 1.28. The van der Waals surface area contributed by atoms with Gasteiger partial charge in [0.05, 0.1) is 20.3 Å². The SMILES string of the molecule is COc1ccc(-c2nc(C(=O)NCc3c(F)cccc3F)c([C@H](C)N)o2)cc1OC. The van der Waals surface area contributed by atoms with Gasteiger partial charge in [0, 0.05) is 17.7 Å². The van der Waals surface area contributed by atoms with Crippen molar-refractivity contribution in [1.29, 1.82) is 0 Å². The smallest absolute Gasteiger partial charge is 0.273 e. The third-order valence-electron chi connectivity index (χ3n) is 4.40. The molecular weight excluding hydrogens is 396 g/mol. The molecule has 0 aliphatic carbocycles. The number of carbonyl (C=O) groups excluding carboxylic acids is 1. The minimum Gasteiger partial charge on any atom is -0.493 e. The average Bonchev–Trinajstić information content (AvgIpc) is 3.18. The average molecular weight is 417 g/mol. The highest BCUT2D eigenvalue weighted by Gasteiger charge is 2.24. The molecule has 1 atom stereocenters. The molecule has 3 N–H and O–H groups in total. The number of amides is 1. The third-order valence-corrected chi connectivity index (χ3v) is 4.40. The van der Waals surface area contributed by atoms with Crippen molar-refractivity contribution < 1.29 is 27.5 Å². The number of methoxy groups -OCH3 is 2. The van der Waals surface area contributed by atoms with Crippen LogP contribution in [-0.2, 0) is 6.54 Å². The molecule has 0 aliphatic heterocycles. The van der Waals surface area contributed by atoms with Crippen LogP contribution in [0.3, 0.4) is 0 Å². The molecule has 9 heteroatoms. The van der Waals surface area contributed by atoms with Crippen LogP contribution in [0.2, 0.25) is 0 Å². The molecule has 0 aliphatic rings. The van der Waals surface area contributed by atoms with Crippen LogP contribution in [0.4, 0.5) is 8.78 Å². The second kappa shape index (κ2) is 8.91. The lowest BCUT2D eigenvalue weighted by Crippen LogP contribution is -2.26. The maximum atomic E-state index is 13.8. The molecule has 0 saturated carbocycles. The van der Waals surface area contributed by atoms with E-state index in [9.17, 15) is 13.6 Å². The van der Waals surface area contributed by atoms with E-state index in [1.54, 1.807) is 25.1 Å². The lowest BCUT2D eigenvalue weighted by Gasteiger charge is -2.07. The summed E-state index contributed by atoms with van der Waals surface area (Å²) in [5.41, 5.74) is 6.14. The summed E-state index contributed by atoms with van der Waals surface area (Å²) in [4.78, 5) is 16.9. The Labute approximate surface area is 171 Å². The van der Waals surface area contributed by atoms with Crippen LogP contribution in [0, 0.1) is 11.6 Å². The van der Waals surface area contributed by atoms with Crippen LogP contribution >= 0.6 is 0 Å². The molecule has 0 radical (unpaired) electrons. The van der Waals surface area contributed by atoms with Crippen molar-refractivity contribution in [3.63, 3.8) is 0 Å². The Kier molecular flexibility index (Phi) is 6.31. The second-order valence-corrected chi connectivity index (χ2v) is 6.47. The molecule has 1 aromatic heterocycles. The van der Waals surface area contributed by atoms with Gasteiger partial charge in [0.1, 0.15) is 11.6 Å². The molecule has 3 rings (SSSR count). The summed E-state index contributed by atoms with van der Waals surface area (Å²) in [7, 11) is 3.00. The Morgan fingerprint density at radius 3 is 2.43 bits per heavy atom. The van der Waals surface area contributed by atoms with E-state index in [-0.39, 0.29) is 29.5 Å². The molecule has 7 nitrogen and oxygen atoms in total. The van der Waals surface area contributed by atoms with E-state index in [0.29, 0.717) is 17.1 Å². The van der Waals surface area contributed by atoms with Crippen molar-refractivity contribution in [2.45, 2.75) is 19.5 Å². The molecule has 0 spiro atoms. The zero-order chi connectivity index (χ0) is 21.8. The summed E-state index contributed by atoms with van der Waals surface area (Å²) in [5.74, 6) is -0.915. The molecule has 0 unspecified atom stereocenters. The van der Waals surface area contributed by atoms with Crippen LogP contribution in [0.15, 0.2) is 40.8 Å². The van der Waals surface area contributed by atoms with E-state index in [0.717, 1.165) is 12.1 Å². The minimum absolute atomic E-state index is 0.0634. The number of ether oxygens (including phenoxy) is 2. The first kappa shape index (κ1) is 21.3. The lowest BCUT2D eigenvalue weighted by atomic mass is 10.2. The van der Waals surface area contributed by atoms with Gasteiger partial charge in [0.25, 0.3) is 5.91 Å². The second-order valence-electron chi connectivity index (χ2n) is 6.47. The number of nitrogens with zero attached hydrogens (tertiary/aromatic N) is 1. The van der Waals surface area contributed by atoms with Crippen LogP contribution in [0.5, 0.6) is 11.5 Å². The fourth-order valence-electron chi connectivity index (χ4n) is 2.85. The monoisotopic (exact) mass is 417 g/mol. The van der Waals surface area contributed by atoms with E-state index in [1.165, 1.54) is 20.3 Å². The Hall–Kier alpha value is -3.46. The van der Waals surface area contributed by atoms with Gasteiger partial charge in [-0.05, 0) is 37.3 Å². The maximum Gasteiger partial charge on any atom is 0.273 e. The summed E-state index contributed by atoms with van der Waals surface area (Å²) in [6.07, 6.45) is 0. The zero-order valence-corrected chi connectivity index (χ0v) is 16.7. The largest absolute Gasteiger partial charge is 0.493 e. The van der Waals surface area contributed by atoms with Crippen molar-refractivity contribution in [3.8, 4) is 23.0 Å². The molecule has 158 valence electrons. The van der Waals surface area contributed by atoms with Crippen molar-refractivity contribution in [2.75, 3.05) is 14.2 Å². The predicted molar refractivity (Wildman–Crippen MR) is 105 cm³/mol. The van der Waals surface area contributed by atoms with Crippen molar-refractivity contribution in [1.82, 2.24) is 10.3 Å². The number of oxazole rings is 1. The topological polar surface area (TPSA) is 99.6 Å². The van der Waals surface area contributed by atoms with Crippen LogP contribution in [0.25, 0.3) is 11.5 Å². The van der Waals surface area contributed by atoms with E-state index < -0.39 is 23.6 Å². The van der Waals surface area contributed by atoms with Gasteiger partial charge < -0.3 is 24.9 Å². The number of hydrogen-bond donors (Lipinski definition) is 2.